The van der Waals surface area contributed by atoms with Gasteiger partial charge in [-0.25, -0.2) is 15.0 Å². The van der Waals surface area contributed by atoms with E-state index in [-0.39, 0.29) is 5.91 Å². The van der Waals surface area contributed by atoms with E-state index in [1.54, 1.807) is 12.4 Å². The third-order valence-electron chi connectivity index (χ3n) is 4.74. The van der Waals surface area contributed by atoms with Gasteiger partial charge in [0.25, 0.3) is 0 Å². The highest BCUT2D eigenvalue weighted by molar-refractivity contribution is 5.86. The van der Waals surface area contributed by atoms with Crippen molar-refractivity contribution in [3.63, 3.8) is 0 Å². The predicted octanol–water partition coefficient (Wildman–Crippen LogP) is 1.17. The number of hydrogen-bond acceptors (Lipinski definition) is 8. The quantitative estimate of drug-likeness (QED) is 0.840. The summed E-state index contributed by atoms with van der Waals surface area (Å²) >= 11 is 0. The molecule has 0 aliphatic carbocycles. The van der Waals surface area contributed by atoms with Crippen molar-refractivity contribution in [1.82, 2.24) is 15.0 Å². The molecule has 4 rings (SSSR count). The molecule has 0 bridgehead atoms. The van der Waals surface area contributed by atoms with Crippen LogP contribution >= 0.6 is 0 Å². The van der Waals surface area contributed by atoms with E-state index in [4.69, 9.17) is 14.5 Å². The van der Waals surface area contributed by atoms with Crippen LogP contribution in [0.4, 0.5) is 17.6 Å². The summed E-state index contributed by atoms with van der Waals surface area (Å²) in [7, 11) is 0. The number of pyridine rings is 1. The summed E-state index contributed by atoms with van der Waals surface area (Å²) in [5.41, 5.74) is 1.87. The molecule has 9 heteroatoms. The van der Waals surface area contributed by atoms with Gasteiger partial charge in [0, 0.05) is 51.1 Å². The molecule has 0 aromatic carbocycles. The summed E-state index contributed by atoms with van der Waals surface area (Å²) in [6.07, 6.45) is 3.44. The fraction of sp³-hybridized carbons (Fsp3) is 0.474. The van der Waals surface area contributed by atoms with Gasteiger partial charge in [-0.15, -0.1) is 0 Å². The maximum Gasteiger partial charge on any atom is 0.229 e. The van der Waals surface area contributed by atoms with Crippen LogP contribution in [0.5, 0.6) is 0 Å². The van der Waals surface area contributed by atoms with E-state index in [1.165, 1.54) is 6.92 Å². The molecule has 2 aliphatic rings. The molecule has 0 spiro atoms. The van der Waals surface area contributed by atoms with Gasteiger partial charge in [0.2, 0.25) is 11.9 Å². The maximum absolute atomic E-state index is 11.2. The highest BCUT2D eigenvalue weighted by Crippen LogP contribution is 2.28. The van der Waals surface area contributed by atoms with Crippen molar-refractivity contribution in [1.29, 1.82) is 0 Å². The zero-order chi connectivity index (χ0) is 19.3. The number of morpholine rings is 2. The van der Waals surface area contributed by atoms with E-state index in [0.29, 0.717) is 32.4 Å². The van der Waals surface area contributed by atoms with Crippen LogP contribution in [0, 0.1) is 0 Å². The molecule has 0 atom stereocenters. The topological polar surface area (TPSA) is 92.7 Å². The van der Waals surface area contributed by atoms with Gasteiger partial charge < -0.3 is 19.3 Å². The van der Waals surface area contributed by atoms with Crippen molar-refractivity contribution < 1.29 is 14.3 Å². The summed E-state index contributed by atoms with van der Waals surface area (Å²) < 4.78 is 11.0. The first-order chi connectivity index (χ1) is 13.7. The molecule has 2 fully saturated rings. The molecule has 28 heavy (non-hydrogen) atoms. The predicted molar refractivity (Wildman–Crippen MR) is 106 cm³/mol. The minimum absolute atomic E-state index is 0.194. The summed E-state index contributed by atoms with van der Waals surface area (Å²) in [6, 6.07) is 4.12. The van der Waals surface area contributed by atoms with E-state index in [0.717, 1.165) is 48.9 Å². The molecule has 4 heterocycles. The summed E-state index contributed by atoms with van der Waals surface area (Å²) in [5, 5.41) is 2.59. The van der Waals surface area contributed by atoms with Crippen LogP contribution in [-0.4, -0.2) is 73.5 Å². The van der Waals surface area contributed by atoms with Crippen molar-refractivity contribution >= 4 is 23.5 Å². The lowest BCUT2D eigenvalue weighted by Crippen LogP contribution is -2.39. The van der Waals surface area contributed by atoms with Crippen molar-refractivity contribution in [2.75, 3.05) is 67.7 Å². The molecule has 2 aromatic rings. The van der Waals surface area contributed by atoms with Crippen LogP contribution in [0.15, 0.2) is 24.5 Å². The fourth-order valence-electron chi connectivity index (χ4n) is 3.28. The number of nitrogens with one attached hydrogen (secondary N) is 1. The second-order valence-electron chi connectivity index (χ2n) is 6.75. The number of hydrogen-bond donors (Lipinski definition) is 1. The molecule has 1 N–H and O–H groups in total. The summed E-state index contributed by atoms with van der Waals surface area (Å²) in [6.45, 7) is 7.51. The molecule has 2 aromatic heterocycles. The Bertz CT molecular complexity index is 781. The molecular weight excluding hydrogens is 360 g/mol. The molecule has 0 radical (unpaired) electrons. The lowest BCUT2D eigenvalue weighted by molar-refractivity contribution is -0.114. The zero-order valence-corrected chi connectivity index (χ0v) is 15.9. The molecule has 2 saturated heterocycles. The van der Waals surface area contributed by atoms with Gasteiger partial charge in [0.15, 0.2) is 0 Å². The van der Waals surface area contributed by atoms with Gasteiger partial charge in [0.1, 0.15) is 11.6 Å². The second-order valence-corrected chi connectivity index (χ2v) is 6.75. The summed E-state index contributed by atoms with van der Waals surface area (Å²) in [5.74, 6) is 1.95. The average Bonchev–Trinajstić information content (AvgIpc) is 2.75. The van der Waals surface area contributed by atoms with Crippen molar-refractivity contribution in [3.05, 3.63) is 24.5 Å². The highest BCUT2D eigenvalue weighted by Gasteiger charge is 2.19. The van der Waals surface area contributed by atoms with Crippen LogP contribution in [0.3, 0.4) is 0 Å². The normalized spacial score (nSPS) is 17.5. The Labute approximate surface area is 163 Å². The Kier molecular flexibility index (Phi) is 5.63. The van der Waals surface area contributed by atoms with E-state index < -0.39 is 0 Å². The van der Waals surface area contributed by atoms with Crippen LogP contribution < -0.4 is 15.1 Å². The van der Waals surface area contributed by atoms with Crippen molar-refractivity contribution in [2.24, 2.45) is 0 Å². The smallest absolute Gasteiger partial charge is 0.229 e. The molecule has 9 nitrogen and oxygen atoms in total. The number of carbonyl (C=O) groups excluding carboxylic acids is 1. The average molecular weight is 384 g/mol. The minimum Gasteiger partial charge on any atom is -0.378 e. The number of amides is 1. The summed E-state index contributed by atoms with van der Waals surface area (Å²) in [4.78, 5) is 29.1. The SMILES string of the molecule is CC(=O)Nc1ncc(-c2cc(N3CCOCC3)nc(N3CCOCC3)c2)cn1. The largest absolute Gasteiger partial charge is 0.378 e. The van der Waals surface area contributed by atoms with Crippen LogP contribution in [0.1, 0.15) is 6.92 Å². The fourth-order valence-corrected chi connectivity index (χ4v) is 3.28. The number of carbonyl (C=O) groups is 1. The molecular formula is C19H24N6O3. The molecule has 0 unspecified atom stereocenters. The second kappa shape index (κ2) is 8.49. The lowest BCUT2D eigenvalue weighted by atomic mass is 10.1. The highest BCUT2D eigenvalue weighted by atomic mass is 16.5. The number of rotatable bonds is 4. The number of anilines is 3. The minimum atomic E-state index is -0.194. The van der Waals surface area contributed by atoms with Gasteiger partial charge in [-0.05, 0) is 17.7 Å². The molecule has 2 aliphatic heterocycles. The third kappa shape index (κ3) is 4.37. The monoisotopic (exact) mass is 384 g/mol. The van der Waals surface area contributed by atoms with Crippen molar-refractivity contribution in [2.45, 2.75) is 6.92 Å². The van der Waals surface area contributed by atoms with Crippen LogP contribution in [0.25, 0.3) is 11.1 Å². The first-order valence-electron chi connectivity index (χ1n) is 9.46. The Hall–Kier alpha value is -2.78. The van der Waals surface area contributed by atoms with Gasteiger partial charge in [-0.3, -0.25) is 10.1 Å². The third-order valence-corrected chi connectivity index (χ3v) is 4.74. The molecule has 148 valence electrons. The van der Waals surface area contributed by atoms with E-state index >= 15 is 0 Å². The van der Waals surface area contributed by atoms with E-state index in [2.05, 4.69) is 37.2 Å². The number of ether oxygens (including phenoxy) is 2. The first-order valence-corrected chi connectivity index (χ1v) is 9.46. The lowest BCUT2D eigenvalue weighted by Gasteiger charge is -2.31. The molecule has 1 amide bonds. The first kappa shape index (κ1) is 18.6. The molecule has 0 saturated carbocycles. The Morgan fingerprint density at radius 3 is 1.86 bits per heavy atom. The van der Waals surface area contributed by atoms with Gasteiger partial charge >= 0.3 is 0 Å². The Morgan fingerprint density at radius 1 is 0.893 bits per heavy atom. The van der Waals surface area contributed by atoms with Gasteiger partial charge in [-0.2, -0.15) is 0 Å². The zero-order valence-electron chi connectivity index (χ0n) is 15.9. The van der Waals surface area contributed by atoms with Gasteiger partial charge in [-0.1, -0.05) is 0 Å². The van der Waals surface area contributed by atoms with Gasteiger partial charge in [0.05, 0.1) is 26.4 Å². The standard InChI is InChI=1S/C19H24N6O3/c1-14(26)22-19-20-12-16(13-21-19)15-10-17(24-2-6-27-7-3-24)23-18(11-15)25-4-8-28-9-5-25/h10-13H,2-9H2,1H3,(H,20,21,22,26). The Balaban J connectivity index is 1.67. The van der Waals surface area contributed by atoms with Crippen LogP contribution in [-0.2, 0) is 14.3 Å². The van der Waals surface area contributed by atoms with Crippen LogP contribution in [0.2, 0.25) is 0 Å². The van der Waals surface area contributed by atoms with E-state index in [1.807, 2.05) is 0 Å². The number of nitrogens with zero attached hydrogens (tertiary/aromatic N) is 5. The maximum atomic E-state index is 11.2. The van der Waals surface area contributed by atoms with Crippen molar-refractivity contribution in [3.8, 4) is 11.1 Å². The van der Waals surface area contributed by atoms with E-state index in [9.17, 15) is 4.79 Å². The Morgan fingerprint density at radius 2 is 1.39 bits per heavy atom. The number of aromatic nitrogens is 3.